The predicted molar refractivity (Wildman–Crippen MR) is 92.6 cm³/mol. The maximum absolute atomic E-state index is 13.3. The first-order chi connectivity index (χ1) is 12.9. The van der Waals surface area contributed by atoms with Crippen LogP contribution in [0.4, 0.5) is 13.2 Å². The Kier molecular flexibility index (Phi) is 5.34. The van der Waals surface area contributed by atoms with E-state index in [1.165, 1.54) is 24.3 Å². The molecule has 0 fully saturated rings. The summed E-state index contributed by atoms with van der Waals surface area (Å²) < 4.78 is 51.2. The van der Waals surface area contributed by atoms with E-state index in [1.54, 1.807) is 24.3 Å². The SMILES string of the molecule is CCCOc1ccc(OC(=O)Cn2c(C(F)(F)F)nc3ccccc32)cc1. The molecule has 27 heavy (non-hydrogen) atoms. The number of halogens is 3. The summed E-state index contributed by atoms with van der Waals surface area (Å²) >= 11 is 0. The maximum Gasteiger partial charge on any atom is 0.449 e. The Morgan fingerprint density at radius 3 is 2.41 bits per heavy atom. The number of benzene rings is 2. The molecule has 8 heteroatoms. The Balaban J connectivity index is 1.78. The third kappa shape index (κ3) is 4.39. The predicted octanol–water partition coefficient (Wildman–Crippen LogP) is 4.45. The molecule has 0 atom stereocenters. The normalized spacial score (nSPS) is 11.6. The van der Waals surface area contributed by atoms with E-state index >= 15 is 0 Å². The molecular formula is C19H17F3N2O3. The number of hydrogen-bond acceptors (Lipinski definition) is 4. The molecular weight excluding hydrogens is 361 g/mol. The van der Waals surface area contributed by atoms with Gasteiger partial charge in [0.25, 0.3) is 0 Å². The van der Waals surface area contributed by atoms with Crippen LogP contribution in [-0.2, 0) is 17.5 Å². The van der Waals surface area contributed by atoms with Crippen molar-refractivity contribution in [2.75, 3.05) is 6.61 Å². The summed E-state index contributed by atoms with van der Waals surface area (Å²) in [5, 5.41) is 0. The van der Waals surface area contributed by atoms with Gasteiger partial charge in [-0.25, -0.2) is 9.78 Å². The molecule has 0 aliphatic rings. The van der Waals surface area contributed by atoms with Gasteiger partial charge in [-0.1, -0.05) is 19.1 Å². The molecule has 1 heterocycles. The number of fused-ring (bicyclic) bond motifs is 1. The van der Waals surface area contributed by atoms with Crippen molar-refractivity contribution < 1.29 is 27.4 Å². The molecule has 3 aromatic rings. The molecule has 0 amide bonds. The van der Waals surface area contributed by atoms with E-state index in [0.29, 0.717) is 12.4 Å². The first-order valence-corrected chi connectivity index (χ1v) is 8.34. The zero-order chi connectivity index (χ0) is 19.4. The van der Waals surface area contributed by atoms with Gasteiger partial charge in [-0.15, -0.1) is 0 Å². The van der Waals surface area contributed by atoms with Crippen LogP contribution in [0, 0.1) is 0 Å². The number of para-hydroxylation sites is 2. The average molecular weight is 378 g/mol. The van der Waals surface area contributed by atoms with E-state index in [9.17, 15) is 18.0 Å². The van der Waals surface area contributed by atoms with Crippen LogP contribution in [0.25, 0.3) is 11.0 Å². The monoisotopic (exact) mass is 378 g/mol. The lowest BCUT2D eigenvalue weighted by atomic mass is 10.3. The molecule has 0 unspecified atom stereocenters. The largest absolute Gasteiger partial charge is 0.494 e. The van der Waals surface area contributed by atoms with Gasteiger partial charge in [0, 0.05) is 0 Å². The van der Waals surface area contributed by atoms with Crippen molar-refractivity contribution in [2.24, 2.45) is 0 Å². The number of aromatic nitrogens is 2. The Morgan fingerprint density at radius 1 is 1.07 bits per heavy atom. The molecule has 142 valence electrons. The molecule has 0 N–H and O–H groups in total. The second kappa shape index (κ2) is 7.69. The van der Waals surface area contributed by atoms with E-state index in [2.05, 4.69) is 4.98 Å². The van der Waals surface area contributed by atoms with Gasteiger partial charge in [0.05, 0.1) is 17.6 Å². The summed E-state index contributed by atoms with van der Waals surface area (Å²) in [6.07, 6.45) is -3.82. The van der Waals surface area contributed by atoms with Crippen LogP contribution in [0.1, 0.15) is 19.2 Å². The highest BCUT2D eigenvalue weighted by molar-refractivity contribution is 5.79. The van der Waals surface area contributed by atoms with Gasteiger partial charge in [-0.2, -0.15) is 13.2 Å². The number of carbonyl (C=O) groups excluding carboxylic acids is 1. The van der Waals surface area contributed by atoms with Crippen LogP contribution in [0.2, 0.25) is 0 Å². The lowest BCUT2D eigenvalue weighted by Crippen LogP contribution is -2.22. The fraction of sp³-hybridized carbons (Fsp3) is 0.263. The van der Waals surface area contributed by atoms with Gasteiger partial charge < -0.3 is 14.0 Å². The van der Waals surface area contributed by atoms with E-state index in [0.717, 1.165) is 11.0 Å². The fourth-order valence-electron chi connectivity index (χ4n) is 2.57. The molecule has 0 aliphatic carbocycles. The number of imidazole rings is 1. The van der Waals surface area contributed by atoms with Gasteiger partial charge in [0.2, 0.25) is 5.82 Å². The molecule has 1 aromatic heterocycles. The van der Waals surface area contributed by atoms with Crippen LogP contribution in [0.5, 0.6) is 11.5 Å². The average Bonchev–Trinajstić information content (AvgIpc) is 3.00. The number of nitrogens with zero attached hydrogens (tertiary/aromatic N) is 2. The summed E-state index contributed by atoms with van der Waals surface area (Å²) in [6, 6.07) is 12.4. The van der Waals surface area contributed by atoms with Crippen molar-refractivity contribution in [1.82, 2.24) is 9.55 Å². The highest BCUT2D eigenvalue weighted by Crippen LogP contribution is 2.31. The highest BCUT2D eigenvalue weighted by atomic mass is 19.4. The number of hydrogen-bond donors (Lipinski definition) is 0. The van der Waals surface area contributed by atoms with E-state index in [1.807, 2.05) is 6.92 Å². The van der Waals surface area contributed by atoms with Crippen LogP contribution >= 0.6 is 0 Å². The van der Waals surface area contributed by atoms with Crippen molar-refractivity contribution in [3.8, 4) is 11.5 Å². The fourth-order valence-corrected chi connectivity index (χ4v) is 2.57. The molecule has 3 rings (SSSR count). The Morgan fingerprint density at radius 2 is 1.74 bits per heavy atom. The van der Waals surface area contributed by atoms with Gasteiger partial charge in [-0.3, -0.25) is 0 Å². The lowest BCUT2D eigenvalue weighted by Gasteiger charge is -2.11. The molecule has 0 radical (unpaired) electrons. The Bertz CT molecular complexity index is 934. The molecule has 0 bridgehead atoms. The Labute approximate surface area is 153 Å². The molecule has 0 saturated carbocycles. The summed E-state index contributed by atoms with van der Waals surface area (Å²) in [5.74, 6) is -1.12. The molecule has 0 spiro atoms. The molecule has 5 nitrogen and oxygen atoms in total. The third-order valence-electron chi connectivity index (χ3n) is 3.72. The number of ether oxygens (including phenoxy) is 2. The van der Waals surface area contributed by atoms with Gasteiger partial charge >= 0.3 is 12.1 Å². The minimum Gasteiger partial charge on any atom is -0.494 e. The smallest absolute Gasteiger partial charge is 0.449 e. The second-order valence-corrected chi connectivity index (χ2v) is 5.80. The topological polar surface area (TPSA) is 53.4 Å². The third-order valence-corrected chi connectivity index (χ3v) is 3.72. The standard InChI is InChI=1S/C19H17F3N2O3/c1-2-11-26-13-7-9-14(10-8-13)27-17(25)12-24-16-6-4-3-5-15(16)23-18(24)19(20,21)22/h3-10H,2,11-12H2,1H3. The van der Waals surface area contributed by atoms with E-state index in [4.69, 9.17) is 9.47 Å². The van der Waals surface area contributed by atoms with E-state index in [-0.39, 0.29) is 16.8 Å². The number of rotatable bonds is 6. The molecule has 0 saturated heterocycles. The van der Waals surface area contributed by atoms with Crippen LogP contribution in [0.15, 0.2) is 48.5 Å². The van der Waals surface area contributed by atoms with Gasteiger partial charge in [0.15, 0.2) is 0 Å². The first-order valence-electron chi connectivity index (χ1n) is 8.34. The molecule has 2 aromatic carbocycles. The van der Waals surface area contributed by atoms with Gasteiger partial charge in [0.1, 0.15) is 18.0 Å². The molecule has 0 aliphatic heterocycles. The maximum atomic E-state index is 13.3. The van der Waals surface area contributed by atoms with Crippen molar-refractivity contribution in [1.29, 1.82) is 0 Å². The van der Waals surface area contributed by atoms with Gasteiger partial charge in [-0.05, 0) is 42.8 Å². The van der Waals surface area contributed by atoms with Crippen molar-refractivity contribution in [3.05, 3.63) is 54.4 Å². The minimum atomic E-state index is -4.68. The summed E-state index contributed by atoms with van der Waals surface area (Å²) in [7, 11) is 0. The quantitative estimate of drug-likeness (QED) is 0.470. The second-order valence-electron chi connectivity index (χ2n) is 5.80. The van der Waals surface area contributed by atoms with Crippen LogP contribution in [-0.4, -0.2) is 22.1 Å². The highest BCUT2D eigenvalue weighted by Gasteiger charge is 2.38. The first kappa shape index (κ1) is 18.8. The van der Waals surface area contributed by atoms with Crippen LogP contribution in [0.3, 0.4) is 0 Å². The lowest BCUT2D eigenvalue weighted by molar-refractivity contribution is -0.148. The van der Waals surface area contributed by atoms with E-state index < -0.39 is 24.5 Å². The van der Waals surface area contributed by atoms with Crippen LogP contribution < -0.4 is 9.47 Å². The van der Waals surface area contributed by atoms with Crippen molar-refractivity contribution in [2.45, 2.75) is 26.1 Å². The number of alkyl halides is 3. The summed E-state index contributed by atoms with van der Waals surface area (Å²) in [5.41, 5.74) is 0.375. The summed E-state index contributed by atoms with van der Waals surface area (Å²) in [4.78, 5) is 15.8. The summed E-state index contributed by atoms with van der Waals surface area (Å²) in [6.45, 7) is 1.93. The Hall–Kier alpha value is -3.03. The van der Waals surface area contributed by atoms with Crippen molar-refractivity contribution in [3.63, 3.8) is 0 Å². The van der Waals surface area contributed by atoms with Crippen molar-refractivity contribution >= 4 is 17.0 Å². The minimum absolute atomic E-state index is 0.162. The zero-order valence-corrected chi connectivity index (χ0v) is 14.5. The zero-order valence-electron chi connectivity index (χ0n) is 14.5. The number of carbonyl (C=O) groups is 1. The number of esters is 1.